The Bertz CT molecular complexity index is 1250. The Morgan fingerprint density at radius 2 is 1.97 bits per heavy atom. The SMILES string of the molecule is O=C(NCc1ccco1)c1c(N=Cc2ccc(-c3ccc(Cl)cc3)o2)sc2c1CCCC2. The number of furan rings is 2. The lowest BCUT2D eigenvalue weighted by Crippen LogP contribution is -2.23. The number of nitrogens with zero attached hydrogens (tertiary/aromatic N) is 1. The van der Waals surface area contributed by atoms with Gasteiger partial charge in [-0.15, -0.1) is 11.3 Å². The van der Waals surface area contributed by atoms with Crippen LogP contribution in [0.2, 0.25) is 5.02 Å². The average Bonchev–Trinajstić information content (AvgIpc) is 3.56. The van der Waals surface area contributed by atoms with Gasteiger partial charge in [0.15, 0.2) is 0 Å². The van der Waals surface area contributed by atoms with Gasteiger partial charge in [-0.2, -0.15) is 0 Å². The molecule has 0 radical (unpaired) electrons. The molecule has 0 unspecified atom stereocenters. The zero-order valence-corrected chi connectivity index (χ0v) is 18.8. The molecule has 7 heteroatoms. The maximum absolute atomic E-state index is 13.1. The van der Waals surface area contributed by atoms with Crippen LogP contribution in [0.4, 0.5) is 5.00 Å². The van der Waals surface area contributed by atoms with E-state index in [1.54, 1.807) is 23.8 Å². The number of carbonyl (C=O) groups is 1. The minimum Gasteiger partial charge on any atom is -0.467 e. The quantitative estimate of drug-likeness (QED) is 0.318. The van der Waals surface area contributed by atoms with Gasteiger partial charge in [-0.25, -0.2) is 4.99 Å². The number of aryl methyl sites for hydroxylation is 1. The van der Waals surface area contributed by atoms with Gasteiger partial charge < -0.3 is 14.2 Å². The standard InChI is InChI=1S/C25H21ClN2O3S/c26-17-9-7-16(8-10-17)21-12-11-19(31-21)15-28-25-23(20-5-1-2-6-22(20)32-25)24(29)27-14-18-4-3-13-30-18/h3-4,7-13,15H,1-2,5-6,14H2,(H,27,29). The molecule has 0 saturated carbocycles. The van der Waals surface area contributed by atoms with Gasteiger partial charge in [0.1, 0.15) is 22.3 Å². The van der Waals surface area contributed by atoms with Crippen LogP contribution in [0.3, 0.4) is 0 Å². The number of benzene rings is 1. The van der Waals surface area contributed by atoms with Gasteiger partial charge in [0.05, 0.1) is 24.6 Å². The van der Waals surface area contributed by atoms with Crippen LogP contribution in [0, 0.1) is 0 Å². The second kappa shape index (κ2) is 9.18. The Labute approximate surface area is 194 Å². The molecule has 0 aliphatic heterocycles. The van der Waals surface area contributed by atoms with Crippen molar-refractivity contribution in [2.75, 3.05) is 0 Å². The minimum absolute atomic E-state index is 0.116. The van der Waals surface area contributed by atoms with Gasteiger partial charge in [-0.1, -0.05) is 11.6 Å². The molecule has 5 nitrogen and oxygen atoms in total. The number of rotatable bonds is 6. The molecule has 1 aliphatic carbocycles. The van der Waals surface area contributed by atoms with E-state index in [-0.39, 0.29) is 5.91 Å². The van der Waals surface area contributed by atoms with Crippen LogP contribution in [-0.4, -0.2) is 12.1 Å². The van der Waals surface area contributed by atoms with E-state index in [2.05, 4.69) is 10.3 Å². The van der Waals surface area contributed by atoms with Crippen molar-refractivity contribution in [3.63, 3.8) is 0 Å². The van der Waals surface area contributed by atoms with Gasteiger partial charge in [0.2, 0.25) is 0 Å². The Morgan fingerprint density at radius 3 is 2.78 bits per heavy atom. The van der Waals surface area contributed by atoms with E-state index >= 15 is 0 Å². The molecule has 4 aromatic rings. The Morgan fingerprint density at radius 1 is 1.12 bits per heavy atom. The highest BCUT2D eigenvalue weighted by Gasteiger charge is 2.25. The molecule has 0 atom stereocenters. The summed E-state index contributed by atoms with van der Waals surface area (Å²) in [5, 5.41) is 4.37. The lowest BCUT2D eigenvalue weighted by atomic mass is 9.95. The zero-order chi connectivity index (χ0) is 21.9. The molecule has 3 aromatic heterocycles. The summed E-state index contributed by atoms with van der Waals surface area (Å²) in [4.78, 5) is 19.0. The molecule has 3 heterocycles. The third-order valence-corrected chi connectivity index (χ3v) is 6.90. The Kier molecular flexibility index (Phi) is 5.97. The van der Waals surface area contributed by atoms with E-state index in [4.69, 9.17) is 20.4 Å². The van der Waals surface area contributed by atoms with Crippen LogP contribution in [0.15, 0.2) is 68.6 Å². The lowest BCUT2D eigenvalue weighted by molar-refractivity contribution is 0.0948. The van der Waals surface area contributed by atoms with Crippen LogP contribution in [-0.2, 0) is 19.4 Å². The first-order valence-electron chi connectivity index (χ1n) is 10.5. The molecule has 5 rings (SSSR count). The average molecular weight is 465 g/mol. The van der Waals surface area contributed by atoms with Crippen molar-refractivity contribution in [1.29, 1.82) is 0 Å². The minimum atomic E-state index is -0.116. The summed E-state index contributed by atoms with van der Waals surface area (Å²) >= 11 is 7.57. The van der Waals surface area contributed by atoms with Gasteiger partial charge in [-0.05, 0) is 79.8 Å². The molecule has 0 bridgehead atoms. The molecular formula is C25H21ClN2O3S. The maximum atomic E-state index is 13.1. The predicted octanol–water partition coefficient (Wildman–Crippen LogP) is 6.81. The number of aliphatic imine (C=N–C) groups is 1. The maximum Gasteiger partial charge on any atom is 0.255 e. The van der Waals surface area contributed by atoms with Gasteiger partial charge >= 0.3 is 0 Å². The Hall–Kier alpha value is -3.09. The number of hydrogen-bond donors (Lipinski definition) is 1. The van der Waals surface area contributed by atoms with Crippen molar-refractivity contribution in [2.45, 2.75) is 32.2 Å². The van der Waals surface area contributed by atoms with Crippen molar-refractivity contribution in [3.8, 4) is 11.3 Å². The normalized spacial score (nSPS) is 13.4. The highest BCUT2D eigenvalue weighted by atomic mass is 35.5. The van der Waals surface area contributed by atoms with Crippen molar-refractivity contribution >= 4 is 40.1 Å². The summed E-state index contributed by atoms with van der Waals surface area (Å²) in [6.07, 6.45) is 7.42. The molecule has 1 aliphatic rings. The third-order valence-electron chi connectivity index (χ3n) is 5.45. The van der Waals surface area contributed by atoms with Crippen LogP contribution in [0.5, 0.6) is 0 Å². The molecular weight excluding hydrogens is 444 g/mol. The number of hydrogen-bond acceptors (Lipinski definition) is 5. The van der Waals surface area contributed by atoms with E-state index in [0.29, 0.717) is 22.9 Å². The first-order chi connectivity index (χ1) is 15.7. The van der Waals surface area contributed by atoms with Crippen LogP contribution in [0.25, 0.3) is 11.3 Å². The fraction of sp³-hybridized carbons (Fsp3) is 0.200. The number of carbonyl (C=O) groups excluding carboxylic acids is 1. The number of thiophene rings is 1. The second-order valence-electron chi connectivity index (χ2n) is 7.62. The summed E-state index contributed by atoms with van der Waals surface area (Å²) in [6, 6.07) is 14.9. The summed E-state index contributed by atoms with van der Waals surface area (Å²) in [6.45, 7) is 0.349. The monoisotopic (exact) mass is 464 g/mol. The summed E-state index contributed by atoms with van der Waals surface area (Å²) in [7, 11) is 0. The van der Waals surface area contributed by atoms with Crippen LogP contribution >= 0.6 is 22.9 Å². The molecule has 1 N–H and O–H groups in total. The van der Waals surface area contributed by atoms with E-state index in [0.717, 1.165) is 53.3 Å². The van der Waals surface area contributed by atoms with Gasteiger partial charge in [0, 0.05) is 15.5 Å². The number of amides is 1. The molecule has 32 heavy (non-hydrogen) atoms. The molecule has 0 saturated heterocycles. The first kappa shape index (κ1) is 20.8. The number of nitrogens with one attached hydrogen (secondary N) is 1. The highest BCUT2D eigenvalue weighted by Crippen LogP contribution is 2.40. The Balaban J connectivity index is 1.39. The van der Waals surface area contributed by atoms with Gasteiger partial charge in [-0.3, -0.25) is 4.79 Å². The molecule has 0 fully saturated rings. The van der Waals surface area contributed by atoms with E-state index in [9.17, 15) is 4.79 Å². The van der Waals surface area contributed by atoms with E-state index < -0.39 is 0 Å². The lowest BCUT2D eigenvalue weighted by Gasteiger charge is -2.12. The molecule has 1 aromatic carbocycles. The fourth-order valence-electron chi connectivity index (χ4n) is 3.86. The highest BCUT2D eigenvalue weighted by molar-refractivity contribution is 7.16. The van der Waals surface area contributed by atoms with Crippen molar-refractivity contribution in [2.24, 2.45) is 4.99 Å². The molecule has 0 spiro atoms. The summed E-state index contributed by atoms with van der Waals surface area (Å²) < 4.78 is 11.3. The van der Waals surface area contributed by atoms with Crippen molar-refractivity contribution in [1.82, 2.24) is 5.32 Å². The van der Waals surface area contributed by atoms with Crippen LogP contribution < -0.4 is 5.32 Å². The first-order valence-corrected chi connectivity index (χ1v) is 11.7. The summed E-state index contributed by atoms with van der Waals surface area (Å²) in [5.41, 5.74) is 2.75. The molecule has 162 valence electrons. The zero-order valence-electron chi connectivity index (χ0n) is 17.3. The fourth-order valence-corrected chi connectivity index (χ4v) is 5.22. The molecule has 1 amide bonds. The van der Waals surface area contributed by atoms with Gasteiger partial charge in [0.25, 0.3) is 5.91 Å². The smallest absolute Gasteiger partial charge is 0.255 e. The van der Waals surface area contributed by atoms with E-state index in [1.165, 1.54) is 4.88 Å². The predicted molar refractivity (Wildman–Crippen MR) is 127 cm³/mol. The number of halogens is 1. The van der Waals surface area contributed by atoms with Crippen LogP contribution in [0.1, 0.15) is 45.2 Å². The topological polar surface area (TPSA) is 67.7 Å². The van der Waals surface area contributed by atoms with E-state index in [1.807, 2.05) is 48.5 Å². The number of fused-ring (bicyclic) bond motifs is 1. The third kappa shape index (κ3) is 4.42. The largest absolute Gasteiger partial charge is 0.467 e. The van der Waals surface area contributed by atoms with Crippen molar-refractivity contribution in [3.05, 3.63) is 87.3 Å². The summed E-state index contributed by atoms with van der Waals surface area (Å²) in [5.74, 6) is 1.97. The van der Waals surface area contributed by atoms with Crippen molar-refractivity contribution < 1.29 is 13.6 Å². The second-order valence-corrected chi connectivity index (χ2v) is 9.14.